The lowest BCUT2D eigenvalue weighted by atomic mass is 9.94. The summed E-state index contributed by atoms with van der Waals surface area (Å²) >= 11 is 3.53. The standard InChI is InChI=1S/C58H87BrN8O11/c1-15-22-44-51(70)61-43(31-38-23-19-18-20-24-38)52(71)65(13)45(32-39-25-21-26-41(59)30-39)54(73)67-28-27-40(33-67)50(69)62-46(35(6)16-2)55(74)63(11)37(8)49(68)60-42(29-34(4)5)53(72)66(14)48(58(9,10)77)57(76)78-47(36(7)17-3)56(75)64(44)12/h18-21,23-26,30,34-37,40,42-48,77H,15-17,22,27-29,31-33H2,1-14H3,(H,60,68)(H,61,70)(H,62,69)/t35?,36-,37+,40?,42?,43?,44+,45+,46?,47?,48?/m1/s1. The molecule has 7 unspecified atom stereocenters. The van der Waals surface area contributed by atoms with Gasteiger partial charge in [0.1, 0.15) is 36.3 Å². The zero-order valence-corrected chi connectivity index (χ0v) is 49.9. The molecule has 2 heterocycles. The van der Waals surface area contributed by atoms with E-state index in [2.05, 4.69) is 31.9 Å². The predicted octanol–water partition coefficient (Wildman–Crippen LogP) is 4.50. The molecule has 4 rings (SSSR count). The maximum absolute atomic E-state index is 15.2. The molecule has 2 bridgehead atoms. The van der Waals surface area contributed by atoms with E-state index in [1.807, 2.05) is 77.1 Å². The Hall–Kier alpha value is -5.89. The lowest BCUT2D eigenvalue weighted by molar-refractivity contribution is -0.177. The average molecular weight is 1150 g/mol. The first-order chi connectivity index (χ1) is 36.6. The summed E-state index contributed by atoms with van der Waals surface area (Å²) in [4.78, 5) is 138. The fraction of sp³-hybridized carbons (Fsp3) is 0.638. The van der Waals surface area contributed by atoms with E-state index >= 15 is 9.59 Å². The Balaban J connectivity index is 1.91. The highest BCUT2D eigenvalue weighted by molar-refractivity contribution is 9.10. The highest BCUT2D eigenvalue weighted by Crippen LogP contribution is 2.27. The number of fused-ring (bicyclic) bond motifs is 2. The Labute approximate surface area is 470 Å². The number of halogens is 1. The first kappa shape index (κ1) is 64.6. The molecular formula is C58H87BrN8O11. The Morgan fingerprint density at radius 1 is 0.667 bits per heavy atom. The van der Waals surface area contributed by atoms with E-state index in [1.54, 1.807) is 30.9 Å². The second-order valence-corrected chi connectivity index (χ2v) is 23.4. The summed E-state index contributed by atoms with van der Waals surface area (Å²) in [6.45, 7) is 17.0. The summed E-state index contributed by atoms with van der Waals surface area (Å²) in [5, 5.41) is 20.3. The second kappa shape index (κ2) is 28.8. The molecule has 0 aliphatic carbocycles. The Morgan fingerprint density at radius 3 is 1.83 bits per heavy atom. The molecule has 2 aliphatic heterocycles. The lowest BCUT2D eigenvalue weighted by Gasteiger charge is -2.39. The first-order valence-corrected chi connectivity index (χ1v) is 28.3. The highest BCUT2D eigenvalue weighted by atomic mass is 79.9. The number of likely N-dealkylation sites (N-methyl/N-ethyl adjacent to an activating group) is 4. The molecule has 78 heavy (non-hydrogen) atoms. The van der Waals surface area contributed by atoms with Crippen molar-refractivity contribution in [2.75, 3.05) is 41.3 Å². The van der Waals surface area contributed by atoms with Crippen LogP contribution in [0.15, 0.2) is 59.1 Å². The summed E-state index contributed by atoms with van der Waals surface area (Å²) in [6, 6.07) is 7.63. The van der Waals surface area contributed by atoms with Gasteiger partial charge in [-0.15, -0.1) is 0 Å². The molecule has 0 saturated carbocycles. The summed E-state index contributed by atoms with van der Waals surface area (Å²) < 4.78 is 6.82. The van der Waals surface area contributed by atoms with Crippen molar-refractivity contribution >= 4 is 69.2 Å². The van der Waals surface area contributed by atoms with Crippen LogP contribution in [0.1, 0.15) is 119 Å². The lowest BCUT2D eigenvalue weighted by Crippen LogP contribution is -2.62. The van der Waals surface area contributed by atoms with Crippen LogP contribution in [-0.4, -0.2) is 178 Å². The number of aliphatic hydroxyl groups is 1. The normalized spacial score (nSPS) is 26.6. The molecule has 20 heteroatoms. The summed E-state index contributed by atoms with van der Waals surface area (Å²) in [5.41, 5.74) is -0.527. The van der Waals surface area contributed by atoms with E-state index in [0.29, 0.717) is 24.8 Å². The van der Waals surface area contributed by atoms with Crippen molar-refractivity contribution < 1.29 is 53.0 Å². The molecule has 19 nitrogen and oxygen atoms in total. The molecular weight excluding hydrogens is 1060 g/mol. The minimum atomic E-state index is -1.96. The topological polar surface area (TPSA) is 235 Å². The zero-order valence-electron chi connectivity index (χ0n) is 48.3. The molecule has 4 N–H and O–H groups in total. The zero-order chi connectivity index (χ0) is 58.5. The summed E-state index contributed by atoms with van der Waals surface area (Å²) in [6.07, 6.45) is 0.310. The van der Waals surface area contributed by atoms with Crippen molar-refractivity contribution in [3.05, 3.63) is 70.2 Å². The van der Waals surface area contributed by atoms with Crippen LogP contribution in [0.3, 0.4) is 0 Å². The molecule has 2 fully saturated rings. The second-order valence-electron chi connectivity index (χ2n) is 22.5. The maximum atomic E-state index is 15.2. The monoisotopic (exact) mass is 1150 g/mol. The number of carbonyl (C=O) groups excluding carboxylic acids is 9. The first-order valence-electron chi connectivity index (χ1n) is 27.6. The number of esters is 1. The van der Waals surface area contributed by atoms with Crippen LogP contribution in [0.5, 0.6) is 0 Å². The smallest absolute Gasteiger partial charge is 0.332 e. The Bertz CT molecular complexity index is 2440. The quantitative estimate of drug-likeness (QED) is 0.204. The van der Waals surface area contributed by atoms with E-state index in [1.165, 1.54) is 63.7 Å². The van der Waals surface area contributed by atoms with Gasteiger partial charge in [0.15, 0.2) is 12.1 Å². The van der Waals surface area contributed by atoms with Crippen molar-refractivity contribution in [2.24, 2.45) is 23.7 Å². The van der Waals surface area contributed by atoms with E-state index in [-0.39, 0.29) is 51.1 Å². The fourth-order valence-corrected chi connectivity index (χ4v) is 10.6. The largest absolute Gasteiger partial charge is 0.450 e. The molecule has 8 amide bonds. The van der Waals surface area contributed by atoms with Crippen molar-refractivity contribution in [1.29, 1.82) is 0 Å². The van der Waals surface area contributed by atoms with Crippen molar-refractivity contribution in [2.45, 2.75) is 175 Å². The van der Waals surface area contributed by atoms with Crippen LogP contribution < -0.4 is 16.0 Å². The van der Waals surface area contributed by atoms with Crippen molar-refractivity contribution in [3.8, 4) is 0 Å². The molecule has 2 aliphatic rings. The number of hydrogen-bond acceptors (Lipinski definition) is 11. The van der Waals surface area contributed by atoms with E-state index in [4.69, 9.17) is 4.74 Å². The van der Waals surface area contributed by atoms with Gasteiger partial charge in [0.25, 0.3) is 5.91 Å². The number of ether oxygens (including phenoxy) is 1. The van der Waals surface area contributed by atoms with Gasteiger partial charge in [-0.1, -0.05) is 120 Å². The van der Waals surface area contributed by atoms with Crippen molar-refractivity contribution in [3.63, 3.8) is 0 Å². The van der Waals surface area contributed by atoms with Gasteiger partial charge in [0, 0.05) is 64.5 Å². The van der Waals surface area contributed by atoms with Gasteiger partial charge in [0.05, 0.1) is 11.5 Å². The van der Waals surface area contributed by atoms with Crippen LogP contribution in [0, 0.1) is 23.7 Å². The van der Waals surface area contributed by atoms with Gasteiger partial charge < -0.3 is 50.3 Å². The summed E-state index contributed by atoms with van der Waals surface area (Å²) in [5.74, 6) is -7.95. The third-order valence-electron chi connectivity index (χ3n) is 15.5. The van der Waals surface area contributed by atoms with Gasteiger partial charge in [-0.2, -0.15) is 0 Å². The molecule has 432 valence electrons. The SMILES string of the molecule is CCC[C@H]1C(=O)NC(Cc2ccccc2)C(=O)N(C)[C@@H](Cc2cccc(Br)c2)C(=O)N2CCC(C2)C(=O)NC(C(C)CC)C(=O)N(C)[C@@H](C)C(=O)NC(CC(C)C)C(=O)N(C)C(C(C)(C)O)C(=O)OC([C@H](C)CC)C(=O)N1C. The minimum absolute atomic E-state index is 0.0119. The molecule has 0 radical (unpaired) electrons. The third-order valence-corrected chi connectivity index (χ3v) is 16.0. The number of cyclic esters (lactones) is 1. The molecule has 2 aromatic rings. The highest BCUT2D eigenvalue weighted by Gasteiger charge is 2.47. The van der Waals surface area contributed by atoms with E-state index in [0.717, 1.165) is 14.9 Å². The van der Waals surface area contributed by atoms with Crippen LogP contribution >= 0.6 is 15.9 Å². The number of rotatable bonds is 13. The van der Waals surface area contributed by atoms with Gasteiger partial charge in [-0.25, -0.2) is 4.79 Å². The molecule has 0 aromatic heterocycles. The number of amides is 8. The fourth-order valence-electron chi connectivity index (χ4n) is 10.1. The minimum Gasteiger partial charge on any atom is -0.450 e. The van der Waals surface area contributed by atoms with E-state index in [9.17, 15) is 38.7 Å². The summed E-state index contributed by atoms with van der Waals surface area (Å²) in [7, 11) is 5.65. The van der Waals surface area contributed by atoms with Crippen LogP contribution in [0.2, 0.25) is 0 Å². The molecule has 2 aromatic carbocycles. The van der Waals surface area contributed by atoms with Crippen LogP contribution in [0.25, 0.3) is 0 Å². The van der Waals surface area contributed by atoms with E-state index < -0.39 is 125 Å². The van der Waals surface area contributed by atoms with Gasteiger partial charge in [0.2, 0.25) is 41.4 Å². The van der Waals surface area contributed by atoms with Gasteiger partial charge >= 0.3 is 5.97 Å². The predicted molar refractivity (Wildman–Crippen MR) is 300 cm³/mol. The van der Waals surface area contributed by atoms with Gasteiger partial charge in [-0.3, -0.25) is 38.4 Å². The average Bonchev–Trinajstić information content (AvgIpc) is 3.93. The van der Waals surface area contributed by atoms with Crippen molar-refractivity contribution in [1.82, 2.24) is 40.4 Å². The molecule has 11 atom stereocenters. The number of benzene rings is 2. The van der Waals surface area contributed by atoms with Gasteiger partial charge in [-0.05, 0) is 81.5 Å². The number of nitrogens with zero attached hydrogens (tertiary/aromatic N) is 5. The van der Waals surface area contributed by atoms with Crippen LogP contribution in [0.4, 0.5) is 0 Å². The Morgan fingerprint density at radius 2 is 1.26 bits per heavy atom. The maximum Gasteiger partial charge on any atom is 0.332 e. The molecule has 0 spiro atoms. The molecule has 2 saturated heterocycles. The number of carbonyl (C=O) groups is 9. The van der Waals surface area contributed by atoms with Crippen LogP contribution in [-0.2, 0) is 60.7 Å². The number of nitrogens with one attached hydrogen (secondary N) is 3. The number of hydrogen-bond donors (Lipinski definition) is 4. The third kappa shape index (κ3) is 16.6. The Kier molecular flexibility index (Phi) is 23.9.